The standard InChI is InChI=1S/C42H57N7O6/c1-5-46-22-12-17-33(46)26-49(45-39(51)24-35(50)21-20-29(2)3)41(53)37(44-42(54)55-27-31-13-7-6-8-14-31)23-34-25-47(40(52)30(4)43)28-48(34)38-19-11-16-32-15-9-10-18-36(32)38/h6-11,13-16,18-19,25,29-30,33,35,37,50H,5,12,17,20-24,26-28,43H2,1-4H3,(H,44,54)(H,45,51)/t30-,33?,35-,37-/m0/s1. The van der Waals surface area contributed by atoms with Crippen LogP contribution in [0.25, 0.3) is 10.8 Å². The molecule has 4 amide bonds. The minimum absolute atomic E-state index is 0.0165. The quantitative estimate of drug-likeness (QED) is 0.150. The maximum absolute atomic E-state index is 14.9. The van der Waals surface area contributed by atoms with Gasteiger partial charge in [0.2, 0.25) is 11.8 Å². The molecule has 296 valence electrons. The highest BCUT2D eigenvalue weighted by molar-refractivity contribution is 5.96. The number of likely N-dealkylation sites (N-methyl/N-ethyl adjacent to an activating group) is 1. The normalized spacial score (nSPS) is 17.5. The second kappa shape index (κ2) is 19.6. The summed E-state index contributed by atoms with van der Waals surface area (Å²) >= 11 is 0. The zero-order valence-electron chi connectivity index (χ0n) is 32.5. The van der Waals surface area contributed by atoms with Crippen molar-refractivity contribution in [3.63, 3.8) is 0 Å². The molecule has 3 aromatic rings. The van der Waals surface area contributed by atoms with E-state index in [1.165, 1.54) is 9.91 Å². The zero-order chi connectivity index (χ0) is 39.5. The molecule has 0 bridgehead atoms. The predicted octanol–water partition coefficient (Wildman–Crippen LogP) is 4.85. The molecule has 0 aliphatic carbocycles. The molecule has 4 atom stereocenters. The summed E-state index contributed by atoms with van der Waals surface area (Å²) in [6.07, 6.45) is 2.76. The number of fused-ring (bicyclic) bond motifs is 1. The van der Waals surface area contributed by atoms with E-state index in [2.05, 4.69) is 36.4 Å². The lowest BCUT2D eigenvalue weighted by atomic mass is 10.0. The smallest absolute Gasteiger partial charge is 0.408 e. The van der Waals surface area contributed by atoms with Gasteiger partial charge in [-0.3, -0.25) is 34.6 Å². The monoisotopic (exact) mass is 755 g/mol. The Hall–Kier alpha value is -4.98. The Bertz CT molecular complexity index is 1800. The summed E-state index contributed by atoms with van der Waals surface area (Å²) in [5, 5.41) is 16.7. The van der Waals surface area contributed by atoms with Gasteiger partial charge in [-0.1, -0.05) is 87.5 Å². The molecule has 5 N–H and O–H groups in total. The number of rotatable bonds is 16. The Morgan fingerprint density at radius 3 is 2.44 bits per heavy atom. The van der Waals surface area contributed by atoms with Crippen molar-refractivity contribution in [2.75, 3.05) is 31.2 Å². The van der Waals surface area contributed by atoms with Gasteiger partial charge in [-0.2, -0.15) is 0 Å². The minimum Gasteiger partial charge on any atom is -0.445 e. The van der Waals surface area contributed by atoms with E-state index >= 15 is 0 Å². The third kappa shape index (κ3) is 11.3. The largest absolute Gasteiger partial charge is 0.445 e. The molecule has 2 aliphatic heterocycles. The average Bonchev–Trinajstić information content (AvgIpc) is 3.81. The third-order valence-electron chi connectivity index (χ3n) is 10.2. The highest BCUT2D eigenvalue weighted by Gasteiger charge is 2.37. The second-order valence-corrected chi connectivity index (χ2v) is 15.0. The molecule has 13 heteroatoms. The van der Waals surface area contributed by atoms with Crippen LogP contribution in [-0.2, 0) is 25.7 Å². The molecule has 0 radical (unpaired) electrons. The van der Waals surface area contributed by atoms with Crippen LogP contribution in [0.3, 0.4) is 0 Å². The number of hydrogen-bond donors (Lipinski definition) is 4. The number of aliphatic hydroxyl groups excluding tert-OH is 1. The van der Waals surface area contributed by atoms with Gasteiger partial charge >= 0.3 is 6.09 Å². The van der Waals surface area contributed by atoms with Gasteiger partial charge in [0.25, 0.3) is 5.91 Å². The van der Waals surface area contributed by atoms with Gasteiger partial charge in [0.05, 0.1) is 30.8 Å². The summed E-state index contributed by atoms with van der Waals surface area (Å²) in [6, 6.07) is 21.0. The first-order chi connectivity index (χ1) is 26.4. The number of ether oxygens (including phenoxy) is 1. The van der Waals surface area contributed by atoms with E-state index in [1.807, 2.05) is 77.7 Å². The fraction of sp³-hybridized carbons (Fsp3) is 0.476. The SMILES string of the molecule is CCN1CCCC1CN(NC(=O)C[C@@H](O)CCC(C)C)C(=O)[C@H](CC1=CN(C(=O)[C@H](C)N)CN1c1cccc2ccccc12)NC(=O)OCc1ccccc1. The second-order valence-electron chi connectivity index (χ2n) is 15.0. The van der Waals surface area contributed by atoms with Crippen molar-refractivity contribution in [1.29, 1.82) is 0 Å². The summed E-state index contributed by atoms with van der Waals surface area (Å²) in [4.78, 5) is 60.8. The van der Waals surface area contributed by atoms with Crippen molar-refractivity contribution in [2.24, 2.45) is 11.7 Å². The predicted molar refractivity (Wildman–Crippen MR) is 213 cm³/mol. The first-order valence-corrected chi connectivity index (χ1v) is 19.5. The van der Waals surface area contributed by atoms with Crippen LogP contribution in [0.4, 0.5) is 10.5 Å². The van der Waals surface area contributed by atoms with E-state index in [0.29, 0.717) is 18.0 Å². The Morgan fingerprint density at radius 1 is 0.982 bits per heavy atom. The van der Waals surface area contributed by atoms with Gasteiger partial charge in [-0.25, -0.2) is 4.79 Å². The number of carbonyl (C=O) groups excluding carboxylic acids is 4. The Balaban J connectivity index is 1.48. The fourth-order valence-corrected chi connectivity index (χ4v) is 7.23. The van der Waals surface area contributed by atoms with Gasteiger partial charge < -0.3 is 25.8 Å². The molecule has 1 fully saturated rings. The van der Waals surface area contributed by atoms with Crippen molar-refractivity contribution >= 4 is 40.3 Å². The maximum Gasteiger partial charge on any atom is 0.408 e. The van der Waals surface area contributed by atoms with Crippen molar-refractivity contribution in [2.45, 2.75) is 97.1 Å². The number of hydrazine groups is 1. The van der Waals surface area contributed by atoms with Crippen LogP contribution in [0.15, 0.2) is 84.7 Å². The topological polar surface area (TPSA) is 161 Å². The number of carbonyl (C=O) groups is 4. The van der Waals surface area contributed by atoms with Crippen LogP contribution < -0.4 is 21.4 Å². The molecule has 1 unspecified atom stereocenters. The van der Waals surface area contributed by atoms with Crippen LogP contribution in [0, 0.1) is 5.92 Å². The number of nitrogens with two attached hydrogens (primary N) is 1. The van der Waals surface area contributed by atoms with Gasteiger partial charge in [0.1, 0.15) is 19.3 Å². The van der Waals surface area contributed by atoms with Crippen molar-refractivity contribution in [3.05, 3.63) is 90.3 Å². The van der Waals surface area contributed by atoms with Gasteiger partial charge in [0, 0.05) is 29.7 Å². The Morgan fingerprint density at radius 2 is 1.71 bits per heavy atom. The number of nitrogens with zero attached hydrogens (tertiary/aromatic N) is 4. The number of benzene rings is 3. The molecule has 0 aromatic heterocycles. The zero-order valence-corrected chi connectivity index (χ0v) is 32.5. The molecule has 3 aromatic carbocycles. The molecule has 55 heavy (non-hydrogen) atoms. The van der Waals surface area contributed by atoms with Crippen LogP contribution in [0.1, 0.15) is 71.8 Å². The number of anilines is 1. The maximum atomic E-state index is 14.9. The lowest BCUT2D eigenvalue weighted by Gasteiger charge is -2.33. The Labute approximate surface area is 324 Å². The molecule has 5 rings (SSSR count). The van der Waals surface area contributed by atoms with E-state index in [0.717, 1.165) is 54.4 Å². The van der Waals surface area contributed by atoms with E-state index in [9.17, 15) is 24.3 Å². The number of hydrogen-bond acceptors (Lipinski definition) is 9. The molecule has 1 saturated heterocycles. The summed E-state index contributed by atoms with van der Waals surface area (Å²) in [5.41, 5.74) is 11.0. The summed E-state index contributed by atoms with van der Waals surface area (Å²) in [5.74, 6) is -0.990. The molecule has 0 spiro atoms. The fourth-order valence-electron chi connectivity index (χ4n) is 7.23. The molecule has 13 nitrogen and oxygen atoms in total. The number of aliphatic hydroxyl groups is 1. The van der Waals surface area contributed by atoms with E-state index in [4.69, 9.17) is 10.5 Å². The first-order valence-electron chi connectivity index (χ1n) is 19.5. The highest BCUT2D eigenvalue weighted by atomic mass is 16.5. The van der Waals surface area contributed by atoms with E-state index in [-0.39, 0.29) is 44.6 Å². The third-order valence-corrected chi connectivity index (χ3v) is 10.2. The lowest BCUT2D eigenvalue weighted by Crippen LogP contribution is -2.58. The first kappa shape index (κ1) is 41.2. The highest BCUT2D eigenvalue weighted by Crippen LogP contribution is 2.34. The molecular formula is C42H57N7O6. The summed E-state index contributed by atoms with van der Waals surface area (Å²) < 4.78 is 5.60. The molecule has 2 heterocycles. The van der Waals surface area contributed by atoms with Crippen molar-refractivity contribution < 1.29 is 29.0 Å². The van der Waals surface area contributed by atoms with Crippen LogP contribution in [0.2, 0.25) is 0 Å². The van der Waals surface area contributed by atoms with Crippen molar-refractivity contribution in [3.8, 4) is 0 Å². The van der Waals surface area contributed by atoms with Crippen LogP contribution >= 0.6 is 0 Å². The molecule has 0 saturated carbocycles. The van der Waals surface area contributed by atoms with Gasteiger partial charge in [0.15, 0.2) is 0 Å². The summed E-state index contributed by atoms with van der Waals surface area (Å²) in [7, 11) is 0. The number of amides is 4. The molecule has 2 aliphatic rings. The van der Waals surface area contributed by atoms with Crippen LogP contribution in [-0.4, -0.2) is 94.3 Å². The van der Waals surface area contributed by atoms with Crippen molar-refractivity contribution in [1.82, 2.24) is 25.6 Å². The summed E-state index contributed by atoms with van der Waals surface area (Å²) in [6.45, 7) is 9.74. The minimum atomic E-state index is -1.22. The van der Waals surface area contributed by atoms with Gasteiger partial charge in [-0.15, -0.1) is 0 Å². The van der Waals surface area contributed by atoms with E-state index in [1.54, 1.807) is 13.1 Å². The number of nitrogens with one attached hydrogen (secondary N) is 2. The van der Waals surface area contributed by atoms with Crippen LogP contribution in [0.5, 0.6) is 0 Å². The average molecular weight is 756 g/mol. The number of alkyl carbamates (subject to hydrolysis) is 1. The lowest BCUT2D eigenvalue weighted by molar-refractivity contribution is -0.144. The van der Waals surface area contributed by atoms with Gasteiger partial charge in [-0.05, 0) is 68.6 Å². The Kier molecular flexibility index (Phi) is 14.6. The van der Waals surface area contributed by atoms with E-state index < -0.39 is 36.1 Å². The molecular weight excluding hydrogens is 699 g/mol. The number of likely N-dealkylation sites (tertiary alicyclic amines) is 1.